The third-order valence-corrected chi connectivity index (χ3v) is 1.78. The van der Waals surface area contributed by atoms with Gasteiger partial charge >= 0.3 is 0 Å². The molecule has 3 N–H and O–H groups in total. The number of amidine groups is 1. The second kappa shape index (κ2) is 3.84. The summed E-state index contributed by atoms with van der Waals surface area (Å²) >= 11 is 0. The average Bonchev–Trinajstić information content (AvgIpc) is 2.17. The van der Waals surface area contributed by atoms with Gasteiger partial charge in [0, 0.05) is 13.6 Å². The molecular formula is C8H13N5. The summed E-state index contributed by atoms with van der Waals surface area (Å²) in [6.07, 6.45) is 3.12. The predicted octanol–water partition coefficient (Wildman–Crippen LogP) is 0.217. The molecule has 1 aromatic rings. The zero-order valence-corrected chi connectivity index (χ0v) is 7.78. The maximum absolute atomic E-state index is 7.12. The fraction of sp³-hybridized carbons (Fsp3) is 0.375. The van der Waals surface area contributed by atoms with E-state index in [1.807, 2.05) is 18.9 Å². The second-order valence-electron chi connectivity index (χ2n) is 2.69. The van der Waals surface area contributed by atoms with Crippen LogP contribution in [0.1, 0.15) is 12.6 Å². The molecule has 0 saturated heterocycles. The van der Waals surface area contributed by atoms with Gasteiger partial charge in [0.1, 0.15) is 17.3 Å². The summed E-state index contributed by atoms with van der Waals surface area (Å²) in [7, 11) is 1.93. The van der Waals surface area contributed by atoms with Crippen molar-refractivity contribution in [1.29, 1.82) is 5.41 Å². The molecule has 5 heteroatoms. The molecule has 0 atom stereocenters. The molecule has 0 aliphatic rings. The summed E-state index contributed by atoms with van der Waals surface area (Å²) in [5, 5.41) is 7.12. The van der Waals surface area contributed by atoms with Crippen molar-refractivity contribution in [2.75, 3.05) is 18.5 Å². The van der Waals surface area contributed by atoms with Crippen LogP contribution in [0.25, 0.3) is 0 Å². The molecule has 70 valence electrons. The first kappa shape index (κ1) is 9.44. The molecule has 0 aromatic carbocycles. The molecule has 0 unspecified atom stereocenters. The lowest BCUT2D eigenvalue weighted by atomic mass is 10.4. The summed E-state index contributed by atoms with van der Waals surface area (Å²) in [5.41, 5.74) is 5.65. The summed E-state index contributed by atoms with van der Waals surface area (Å²) in [5.74, 6) is 0.728. The van der Waals surface area contributed by atoms with Gasteiger partial charge in [0.25, 0.3) is 0 Å². The van der Waals surface area contributed by atoms with E-state index in [9.17, 15) is 0 Å². The van der Waals surface area contributed by atoms with E-state index in [0.29, 0.717) is 5.69 Å². The van der Waals surface area contributed by atoms with Crippen molar-refractivity contribution in [3.05, 3.63) is 18.1 Å². The van der Waals surface area contributed by atoms with Crippen LogP contribution in [0.2, 0.25) is 0 Å². The van der Waals surface area contributed by atoms with Crippen molar-refractivity contribution >= 4 is 11.7 Å². The number of nitrogen functional groups attached to an aromatic ring is 1. The van der Waals surface area contributed by atoms with E-state index >= 15 is 0 Å². The first-order valence-electron chi connectivity index (χ1n) is 4.02. The Bertz CT molecular complexity index is 292. The van der Waals surface area contributed by atoms with Crippen molar-refractivity contribution in [3.63, 3.8) is 0 Å². The van der Waals surface area contributed by atoms with Crippen LogP contribution < -0.4 is 10.6 Å². The molecule has 1 rings (SSSR count). The highest BCUT2D eigenvalue weighted by Crippen LogP contribution is 2.05. The van der Waals surface area contributed by atoms with Crippen molar-refractivity contribution in [3.8, 4) is 0 Å². The molecule has 0 radical (unpaired) electrons. The normalized spacial score (nSPS) is 9.69. The van der Waals surface area contributed by atoms with Crippen LogP contribution in [0.3, 0.4) is 0 Å². The largest absolute Gasteiger partial charge is 0.382 e. The third kappa shape index (κ3) is 2.14. The van der Waals surface area contributed by atoms with Crippen molar-refractivity contribution in [2.45, 2.75) is 6.92 Å². The lowest BCUT2D eigenvalue weighted by molar-refractivity contribution is 0.926. The molecule has 1 aromatic heterocycles. The first-order chi connectivity index (χ1) is 6.15. The van der Waals surface area contributed by atoms with Gasteiger partial charge in [-0.3, -0.25) is 5.41 Å². The van der Waals surface area contributed by atoms with E-state index in [2.05, 4.69) is 9.97 Å². The van der Waals surface area contributed by atoms with Gasteiger partial charge in [-0.05, 0) is 6.92 Å². The Labute approximate surface area is 77.1 Å². The quantitative estimate of drug-likeness (QED) is 0.513. The minimum atomic E-state index is -0.0572. The Hall–Kier alpha value is -1.65. The molecule has 13 heavy (non-hydrogen) atoms. The first-order valence-corrected chi connectivity index (χ1v) is 4.02. The zero-order valence-electron chi connectivity index (χ0n) is 7.78. The van der Waals surface area contributed by atoms with Gasteiger partial charge in [-0.1, -0.05) is 0 Å². The maximum atomic E-state index is 7.12. The van der Waals surface area contributed by atoms with Crippen molar-refractivity contribution in [1.82, 2.24) is 9.97 Å². The molecular weight excluding hydrogens is 166 g/mol. The highest BCUT2D eigenvalue weighted by atomic mass is 15.2. The standard InChI is InChI=1S/C8H13N5/c1-3-13(2)7-5-11-6(4-12-7)8(9)10/h4-5H,3H2,1-2H3,(H3,9,10). The number of aromatic nitrogens is 2. The van der Waals surface area contributed by atoms with Crippen LogP contribution in [0.5, 0.6) is 0 Å². The van der Waals surface area contributed by atoms with Gasteiger partial charge in [-0.25, -0.2) is 9.97 Å². The van der Waals surface area contributed by atoms with Crippen LogP contribution in [0.15, 0.2) is 12.4 Å². The van der Waals surface area contributed by atoms with E-state index in [0.717, 1.165) is 12.4 Å². The minimum absolute atomic E-state index is 0.0572. The Morgan fingerprint density at radius 1 is 1.54 bits per heavy atom. The lowest BCUT2D eigenvalue weighted by Crippen LogP contribution is -2.19. The number of nitrogens with zero attached hydrogens (tertiary/aromatic N) is 3. The van der Waals surface area contributed by atoms with Gasteiger partial charge in [-0.15, -0.1) is 0 Å². The molecule has 0 aliphatic carbocycles. The molecule has 0 spiro atoms. The van der Waals surface area contributed by atoms with Gasteiger partial charge in [0.2, 0.25) is 0 Å². The number of hydrogen-bond donors (Lipinski definition) is 2. The van der Waals surface area contributed by atoms with E-state index in [1.165, 1.54) is 6.20 Å². The van der Waals surface area contributed by atoms with Crippen LogP contribution in [-0.2, 0) is 0 Å². The average molecular weight is 179 g/mol. The Morgan fingerprint density at radius 2 is 2.23 bits per heavy atom. The van der Waals surface area contributed by atoms with Crippen LogP contribution in [-0.4, -0.2) is 29.4 Å². The lowest BCUT2D eigenvalue weighted by Gasteiger charge is -2.14. The second-order valence-corrected chi connectivity index (χ2v) is 2.69. The number of nitrogens with two attached hydrogens (primary N) is 1. The van der Waals surface area contributed by atoms with Gasteiger partial charge in [-0.2, -0.15) is 0 Å². The van der Waals surface area contributed by atoms with E-state index in [-0.39, 0.29) is 5.84 Å². The van der Waals surface area contributed by atoms with Gasteiger partial charge in [0.05, 0.1) is 12.4 Å². The SMILES string of the molecule is CCN(C)c1cnc(C(=N)N)cn1. The fourth-order valence-corrected chi connectivity index (χ4v) is 0.819. The monoisotopic (exact) mass is 179 g/mol. The fourth-order valence-electron chi connectivity index (χ4n) is 0.819. The summed E-state index contributed by atoms with van der Waals surface area (Å²) in [4.78, 5) is 10.1. The molecule has 5 nitrogen and oxygen atoms in total. The Kier molecular flexibility index (Phi) is 2.79. The number of anilines is 1. The topological polar surface area (TPSA) is 78.9 Å². The van der Waals surface area contributed by atoms with Crippen LogP contribution >= 0.6 is 0 Å². The Morgan fingerprint density at radius 3 is 2.62 bits per heavy atom. The van der Waals surface area contributed by atoms with E-state index in [4.69, 9.17) is 11.1 Å². The van der Waals surface area contributed by atoms with Gasteiger partial charge in [0.15, 0.2) is 0 Å². The molecule has 0 saturated carbocycles. The van der Waals surface area contributed by atoms with Crippen LogP contribution in [0.4, 0.5) is 5.82 Å². The number of rotatable bonds is 3. The molecule has 1 heterocycles. The third-order valence-electron chi connectivity index (χ3n) is 1.78. The van der Waals surface area contributed by atoms with Crippen LogP contribution in [0, 0.1) is 5.41 Å². The minimum Gasteiger partial charge on any atom is -0.382 e. The molecule has 0 fully saturated rings. The molecule has 0 amide bonds. The molecule has 0 aliphatic heterocycles. The van der Waals surface area contributed by atoms with Crippen molar-refractivity contribution < 1.29 is 0 Å². The summed E-state index contributed by atoms with van der Waals surface area (Å²) < 4.78 is 0. The summed E-state index contributed by atoms with van der Waals surface area (Å²) in [6.45, 7) is 2.90. The van der Waals surface area contributed by atoms with E-state index < -0.39 is 0 Å². The number of nitrogens with one attached hydrogen (secondary N) is 1. The number of hydrogen-bond acceptors (Lipinski definition) is 4. The predicted molar refractivity (Wildman–Crippen MR) is 52.0 cm³/mol. The summed E-state index contributed by atoms with van der Waals surface area (Å²) in [6, 6.07) is 0. The van der Waals surface area contributed by atoms with Gasteiger partial charge < -0.3 is 10.6 Å². The van der Waals surface area contributed by atoms with E-state index in [1.54, 1.807) is 6.20 Å². The molecule has 0 bridgehead atoms. The highest BCUT2D eigenvalue weighted by Gasteiger charge is 2.02. The maximum Gasteiger partial charge on any atom is 0.146 e. The highest BCUT2D eigenvalue weighted by molar-refractivity contribution is 5.92. The Balaban J connectivity index is 2.87. The van der Waals surface area contributed by atoms with Crippen molar-refractivity contribution in [2.24, 2.45) is 5.73 Å². The smallest absolute Gasteiger partial charge is 0.146 e. The zero-order chi connectivity index (χ0) is 9.84.